The van der Waals surface area contributed by atoms with Gasteiger partial charge in [-0.3, -0.25) is 9.20 Å². The van der Waals surface area contributed by atoms with Crippen LogP contribution in [0.4, 0.5) is 8.78 Å². The third kappa shape index (κ3) is 5.72. The molecule has 4 rings (SSSR count). The molecule has 3 aromatic rings. The first-order valence-electron chi connectivity index (χ1n) is 12.3. The second-order valence-corrected chi connectivity index (χ2v) is 9.96. The number of methoxy groups -OCH3 is 1. The molecular formula is C29H31F2N3O3. The predicted molar refractivity (Wildman–Crippen MR) is 137 cm³/mol. The Bertz CT molecular complexity index is 1360. The number of fused-ring (bicyclic) bond motifs is 1. The van der Waals surface area contributed by atoms with Crippen LogP contribution in [0.3, 0.4) is 0 Å². The molecule has 2 aromatic heterocycles. The van der Waals surface area contributed by atoms with Crippen LogP contribution in [0.25, 0.3) is 16.9 Å². The Hall–Kier alpha value is -3.57. The number of ether oxygens (including phenoxy) is 2. The van der Waals surface area contributed by atoms with E-state index in [1.165, 1.54) is 7.11 Å². The van der Waals surface area contributed by atoms with E-state index in [1.807, 2.05) is 36.6 Å². The van der Waals surface area contributed by atoms with Crippen molar-refractivity contribution in [3.63, 3.8) is 0 Å². The maximum Gasteiger partial charge on any atom is 0.218 e. The largest absolute Gasteiger partial charge is 0.496 e. The molecule has 0 saturated heterocycles. The molecule has 194 valence electrons. The third-order valence-electron chi connectivity index (χ3n) is 6.89. The maximum atomic E-state index is 13.9. The molecule has 1 saturated carbocycles. The highest BCUT2D eigenvalue weighted by atomic mass is 19.1. The normalized spacial score (nSPS) is 17.8. The Morgan fingerprint density at radius 1 is 1.41 bits per heavy atom. The van der Waals surface area contributed by atoms with Crippen molar-refractivity contribution in [2.24, 2.45) is 5.92 Å². The minimum Gasteiger partial charge on any atom is -0.496 e. The van der Waals surface area contributed by atoms with E-state index in [1.54, 1.807) is 18.3 Å². The number of carbonyl (C=O) groups is 1. The van der Waals surface area contributed by atoms with Crippen LogP contribution in [-0.2, 0) is 16.8 Å². The second kappa shape index (κ2) is 10.8. The first-order chi connectivity index (χ1) is 17.7. The van der Waals surface area contributed by atoms with Crippen LogP contribution in [0.1, 0.15) is 61.0 Å². The van der Waals surface area contributed by atoms with Crippen molar-refractivity contribution in [2.45, 2.75) is 64.1 Å². The number of aromatic nitrogens is 2. The molecule has 1 aromatic carbocycles. The summed E-state index contributed by atoms with van der Waals surface area (Å²) >= 11 is 0. The first kappa shape index (κ1) is 26.5. The van der Waals surface area contributed by atoms with Gasteiger partial charge < -0.3 is 9.47 Å². The lowest BCUT2D eigenvalue weighted by Gasteiger charge is -2.17. The van der Waals surface area contributed by atoms with Gasteiger partial charge in [-0.15, -0.1) is 0 Å². The molecule has 2 heterocycles. The van der Waals surface area contributed by atoms with E-state index in [4.69, 9.17) is 9.47 Å². The van der Waals surface area contributed by atoms with Crippen molar-refractivity contribution in [3.05, 3.63) is 66.0 Å². The number of imidazole rings is 1. The standard InChI is InChI=1S/C29H31F2N3O3/c1-5-26(31)37-16-20-11-19(13-25(36-4)28(20)24(35)8-6-7-18-12-22(18)30)23-15-33-27-14-21(9-10-34(23)27)29(2,3)17-32/h5,9-11,13-15,18,22,26H,1,6-8,12,16H2,2-4H3/t18-,22+,26?/m1/s1. The molecule has 6 nitrogen and oxygen atoms in total. The fraction of sp³-hybridized carbons (Fsp3) is 0.414. The van der Waals surface area contributed by atoms with E-state index >= 15 is 0 Å². The third-order valence-corrected chi connectivity index (χ3v) is 6.89. The van der Waals surface area contributed by atoms with Gasteiger partial charge in [-0.25, -0.2) is 13.8 Å². The molecule has 3 atom stereocenters. The molecule has 0 amide bonds. The van der Waals surface area contributed by atoms with Gasteiger partial charge in [0, 0.05) is 18.2 Å². The van der Waals surface area contributed by atoms with Gasteiger partial charge in [0.15, 0.2) is 5.78 Å². The lowest BCUT2D eigenvalue weighted by atomic mass is 9.87. The molecule has 1 fully saturated rings. The van der Waals surface area contributed by atoms with E-state index in [0.29, 0.717) is 47.3 Å². The minimum atomic E-state index is -1.69. The summed E-state index contributed by atoms with van der Waals surface area (Å²) in [6.45, 7) is 6.93. The zero-order valence-electron chi connectivity index (χ0n) is 21.3. The molecular weight excluding hydrogens is 476 g/mol. The van der Waals surface area contributed by atoms with Crippen LogP contribution >= 0.6 is 0 Å². The Labute approximate surface area is 215 Å². The SMILES string of the molecule is C=CC(F)OCc1cc(-c2cnc3cc(C(C)(C)C#N)ccn23)cc(OC)c1C(=O)CCC[C@@H]1C[C@@H]1F. The van der Waals surface area contributed by atoms with E-state index < -0.39 is 17.9 Å². The zero-order valence-corrected chi connectivity index (χ0v) is 21.3. The molecule has 0 N–H and O–H groups in total. The summed E-state index contributed by atoms with van der Waals surface area (Å²) in [5.41, 5.74) is 3.10. The number of halogens is 2. The van der Waals surface area contributed by atoms with E-state index in [-0.39, 0.29) is 24.7 Å². The van der Waals surface area contributed by atoms with Crippen molar-refractivity contribution in [3.8, 4) is 23.1 Å². The highest BCUT2D eigenvalue weighted by Gasteiger charge is 2.36. The maximum absolute atomic E-state index is 13.9. The Morgan fingerprint density at radius 2 is 2.16 bits per heavy atom. The van der Waals surface area contributed by atoms with Gasteiger partial charge in [0.05, 0.1) is 42.7 Å². The smallest absolute Gasteiger partial charge is 0.218 e. The highest BCUT2D eigenvalue weighted by molar-refractivity contribution is 6.00. The summed E-state index contributed by atoms with van der Waals surface area (Å²) in [6.07, 6.45) is 4.18. The number of pyridine rings is 1. The molecule has 0 spiro atoms. The summed E-state index contributed by atoms with van der Waals surface area (Å²) in [5.74, 6) is 0.241. The van der Waals surface area contributed by atoms with Crippen molar-refractivity contribution in [2.75, 3.05) is 7.11 Å². The quantitative estimate of drug-likeness (QED) is 0.206. The number of hydrogen-bond donors (Lipinski definition) is 0. The fourth-order valence-corrected chi connectivity index (χ4v) is 4.46. The average molecular weight is 508 g/mol. The van der Waals surface area contributed by atoms with E-state index in [0.717, 1.165) is 17.3 Å². The van der Waals surface area contributed by atoms with Gasteiger partial charge >= 0.3 is 0 Å². The molecule has 37 heavy (non-hydrogen) atoms. The summed E-state index contributed by atoms with van der Waals surface area (Å²) in [6, 6.07) is 9.57. The Morgan fingerprint density at radius 3 is 2.81 bits per heavy atom. The van der Waals surface area contributed by atoms with Crippen LogP contribution in [0, 0.1) is 17.2 Å². The van der Waals surface area contributed by atoms with Crippen molar-refractivity contribution in [1.29, 1.82) is 5.26 Å². The summed E-state index contributed by atoms with van der Waals surface area (Å²) < 4.78 is 39.9. The molecule has 0 radical (unpaired) electrons. The molecule has 8 heteroatoms. The van der Waals surface area contributed by atoms with E-state index in [2.05, 4.69) is 17.6 Å². The number of alkyl halides is 2. The van der Waals surface area contributed by atoms with Gasteiger partial charge in [-0.05, 0) is 80.5 Å². The van der Waals surface area contributed by atoms with Gasteiger partial charge in [0.25, 0.3) is 0 Å². The molecule has 0 aliphatic heterocycles. The van der Waals surface area contributed by atoms with Crippen LogP contribution in [0.5, 0.6) is 5.75 Å². The first-order valence-corrected chi connectivity index (χ1v) is 12.3. The number of rotatable bonds is 12. The van der Waals surface area contributed by atoms with Crippen LogP contribution in [0.15, 0.2) is 49.3 Å². The van der Waals surface area contributed by atoms with Crippen molar-refractivity contribution < 1.29 is 23.0 Å². The van der Waals surface area contributed by atoms with Crippen LogP contribution in [-0.4, -0.2) is 34.8 Å². The van der Waals surface area contributed by atoms with Crippen molar-refractivity contribution >= 4 is 11.4 Å². The predicted octanol–water partition coefficient (Wildman–Crippen LogP) is 6.52. The minimum absolute atomic E-state index is 0.0501. The van der Waals surface area contributed by atoms with Gasteiger partial charge in [-0.2, -0.15) is 5.26 Å². The Balaban J connectivity index is 1.71. The average Bonchev–Trinajstić information content (AvgIpc) is 3.43. The second-order valence-electron chi connectivity index (χ2n) is 9.96. The van der Waals surface area contributed by atoms with E-state index in [9.17, 15) is 18.8 Å². The van der Waals surface area contributed by atoms with Crippen LogP contribution in [0.2, 0.25) is 0 Å². The molecule has 1 unspecified atom stereocenters. The summed E-state index contributed by atoms with van der Waals surface area (Å²) in [4.78, 5) is 17.7. The number of benzene rings is 1. The topological polar surface area (TPSA) is 76.6 Å². The lowest BCUT2D eigenvalue weighted by molar-refractivity contribution is -0.0142. The molecule has 1 aliphatic carbocycles. The lowest BCUT2D eigenvalue weighted by Crippen LogP contribution is -2.14. The van der Waals surface area contributed by atoms with Crippen LogP contribution < -0.4 is 4.74 Å². The number of Topliss-reactive ketones (excluding diaryl/α,β-unsaturated/α-hetero) is 1. The van der Waals surface area contributed by atoms with Gasteiger partial charge in [-0.1, -0.05) is 6.58 Å². The monoisotopic (exact) mass is 507 g/mol. The van der Waals surface area contributed by atoms with Gasteiger partial charge in [0.2, 0.25) is 6.36 Å². The number of nitrogens with zero attached hydrogens (tertiary/aromatic N) is 3. The number of nitriles is 1. The zero-order chi connectivity index (χ0) is 26.7. The number of hydrogen-bond acceptors (Lipinski definition) is 5. The van der Waals surface area contributed by atoms with Gasteiger partial charge in [0.1, 0.15) is 17.6 Å². The molecule has 1 aliphatic rings. The number of carbonyl (C=O) groups excluding carboxylic acids is 1. The molecule has 0 bridgehead atoms. The fourth-order valence-electron chi connectivity index (χ4n) is 4.46. The highest BCUT2D eigenvalue weighted by Crippen LogP contribution is 2.39. The summed E-state index contributed by atoms with van der Waals surface area (Å²) in [7, 11) is 1.48. The Kier molecular flexibility index (Phi) is 7.74. The van der Waals surface area contributed by atoms with Crippen molar-refractivity contribution in [1.82, 2.24) is 9.38 Å². The summed E-state index contributed by atoms with van der Waals surface area (Å²) in [5, 5.41) is 9.48. The number of ketones is 1.